The molecule has 1 aromatic heterocycles. The van der Waals surface area contributed by atoms with Crippen LogP contribution >= 0.6 is 11.5 Å². The van der Waals surface area contributed by atoms with E-state index in [0.717, 1.165) is 10.2 Å². The first-order valence-electron chi connectivity index (χ1n) is 13.2. The van der Waals surface area contributed by atoms with Crippen molar-refractivity contribution in [2.45, 2.75) is 77.5 Å². The molecule has 3 aromatic rings. The summed E-state index contributed by atoms with van der Waals surface area (Å²) in [6, 6.07) is 11.3. The van der Waals surface area contributed by atoms with Gasteiger partial charge in [0.2, 0.25) is 17.7 Å². The van der Waals surface area contributed by atoms with Gasteiger partial charge in [-0.1, -0.05) is 48.7 Å². The number of nitrogens with zero attached hydrogens (tertiary/aromatic N) is 3. The summed E-state index contributed by atoms with van der Waals surface area (Å²) in [7, 11) is 0. The Bertz CT molecular complexity index is 1350. The monoisotopic (exact) mass is 533 g/mol. The van der Waals surface area contributed by atoms with Crippen molar-refractivity contribution in [3.8, 4) is 0 Å². The van der Waals surface area contributed by atoms with Crippen LogP contribution in [0.1, 0.15) is 63.8 Å². The predicted octanol–water partition coefficient (Wildman–Crippen LogP) is 3.80. The van der Waals surface area contributed by atoms with E-state index in [1.165, 1.54) is 22.7 Å². The molecule has 5 rings (SSSR count). The second kappa shape index (κ2) is 10.1. The van der Waals surface area contributed by atoms with E-state index in [9.17, 15) is 14.4 Å². The SMILES string of the molecule is CC(C)CC1C(=O)NC(C2Cc3ccccc3C2)C(=O)N1[C@@H](C(=O)NC(C)(C)C)c1ccc2nnsc2c1. The molecule has 1 aliphatic heterocycles. The maximum atomic E-state index is 14.4. The van der Waals surface area contributed by atoms with E-state index >= 15 is 0 Å². The summed E-state index contributed by atoms with van der Waals surface area (Å²) >= 11 is 1.24. The van der Waals surface area contributed by atoms with Crippen molar-refractivity contribution >= 4 is 39.5 Å². The van der Waals surface area contributed by atoms with Crippen molar-refractivity contribution in [1.82, 2.24) is 25.1 Å². The molecule has 0 bridgehead atoms. The molecule has 3 atom stereocenters. The van der Waals surface area contributed by atoms with Crippen LogP contribution in [0.25, 0.3) is 10.2 Å². The average Bonchev–Trinajstić information content (AvgIpc) is 3.48. The maximum absolute atomic E-state index is 14.4. The number of rotatable bonds is 6. The van der Waals surface area contributed by atoms with Crippen molar-refractivity contribution in [2.75, 3.05) is 0 Å². The van der Waals surface area contributed by atoms with E-state index in [2.05, 4.69) is 32.4 Å². The molecule has 2 N–H and O–H groups in total. The van der Waals surface area contributed by atoms with Crippen molar-refractivity contribution in [2.24, 2.45) is 11.8 Å². The molecular formula is C29H35N5O3S. The lowest BCUT2D eigenvalue weighted by molar-refractivity contribution is -0.158. The third kappa shape index (κ3) is 5.16. The molecule has 0 radical (unpaired) electrons. The number of aromatic nitrogens is 2. The Hall–Kier alpha value is -3.33. The normalized spacial score (nSPS) is 21.1. The smallest absolute Gasteiger partial charge is 0.247 e. The number of benzene rings is 2. The molecule has 0 spiro atoms. The Kier molecular flexibility index (Phi) is 6.98. The lowest BCUT2D eigenvalue weighted by atomic mass is 9.87. The molecule has 2 heterocycles. The average molecular weight is 534 g/mol. The Morgan fingerprint density at radius 2 is 1.82 bits per heavy atom. The van der Waals surface area contributed by atoms with Gasteiger partial charge in [-0.3, -0.25) is 14.4 Å². The Morgan fingerprint density at radius 3 is 2.45 bits per heavy atom. The quantitative estimate of drug-likeness (QED) is 0.502. The molecule has 38 heavy (non-hydrogen) atoms. The molecule has 2 aliphatic rings. The lowest BCUT2D eigenvalue weighted by Crippen LogP contribution is -2.67. The molecule has 0 saturated carbocycles. The fourth-order valence-corrected chi connectivity index (χ4v) is 6.32. The number of carbonyl (C=O) groups excluding carboxylic acids is 3. The van der Waals surface area contributed by atoms with Gasteiger partial charge in [-0.15, -0.1) is 5.10 Å². The third-order valence-corrected chi connectivity index (χ3v) is 8.00. The first-order valence-corrected chi connectivity index (χ1v) is 14.0. The van der Waals surface area contributed by atoms with Gasteiger partial charge < -0.3 is 15.5 Å². The highest BCUT2D eigenvalue weighted by atomic mass is 32.1. The minimum atomic E-state index is -0.964. The first kappa shape index (κ1) is 26.3. The summed E-state index contributed by atoms with van der Waals surface area (Å²) in [5, 5.41) is 10.3. The molecule has 2 unspecified atom stereocenters. The number of amides is 3. The van der Waals surface area contributed by atoms with E-state index in [1.54, 1.807) is 4.90 Å². The minimum absolute atomic E-state index is 0.0640. The summed E-state index contributed by atoms with van der Waals surface area (Å²) in [5.41, 5.74) is 3.28. The van der Waals surface area contributed by atoms with Gasteiger partial charge in [-0.05, 0) is 92.2 Å². The molecule has 1 fully saturated rings. The molecule has 3 amide bonds. The van der Waals surface area contributed by atoms with E-state index in [1.807, 2.05) is 65.0 Å². The summed E-state index contributed by atoms with van der Waals surface area (Å²) in [5.74, 6) is -0.628. The zero-order valence-electron chi connectivity index (χ0n) is 22.5. The fraction of sp³-hybridized carbons (Fsp3) is 0.483. The summed E-state index contributed by atoms with van der Waals surface area (Å²) < 4.78 is 4.86. The highest BCUT2D eigenvalue weighted by molar-refractivity contribution is 7.12. The Balaban J connectivity index is 1.58. The van der Waals surface area contributed by atoms with Crippen LogP contribution in [-0.4, -0.2) is 49.8 Å². The van der Waals surface area contributed by atoms with Gasteiger partial charge in [0.15, 0.2) is 0 Å². The molecule has 1 saturated heterocycles. The molecule has 2 aromatic carbocycles. The summed E-state index contributed by atoms with van der Waals surface area (Å²) in [6.07, 6.45) is 1.89. The molecular weight excluding hydrogens is 498 g/mol. The molecule has 1 aliphatic carbocycles. The second-order valence-corrected chi connectivity index (χ2v) is 12.7. The topological polar surface area (TPSA) is 104 Å². The van der Waals surface area contributed by atoms with Crippen LogP contribution in [0.5, 0.6) is 0 Å². The summed E-state index contributed by atoms with van der Waals surface area (Å²) in [6.45, 7) is 9.78. The zero-order chi connectivity index (χ0) is 27.2. The van der Waals surface area contributed by atoms with Crippen molar-refractivity contribution < 1.29 is 14.4 Å². The van der Waals surface area contributed by atoms with Gasteiger partial charge in [-0.25, -0.2) is 0 Å². The largest absolute Gasteiger partial charge is 0.349 e. The van der Waals surface area contributed by atoms with Crippen molar-refractivity contribution in [3.05, 3.63) is 59.2 Å². The van der Waals surface area contributed by atoms with Crippen LogP contribution in [-0.2, 0) is 27.2 Å². The minimum Gasteiger partial charge on any atom is -0.349 e. The molecule has 8 nitrogen and oxygen atoms in total. The van der Waals surface area contributed by atoms with E-state index in [4.69, 9.17) is 0 Å². The van der Waals surface area contributed by atoms with E-state index in [0.29, 0.717) is 24.8 Å². The number of hydrogen-bond acceptors (Lipinski definition) is 6. The van der Waals surface area contributed by atoms with Gasteiger partial charge in [0, 0.05) is 5.54 Å². The maximum Gasteiger partial charge on any atom is 0.247 e. The molecule has 200 valence electrons. The van der Waals surface area contributed by atoms with Crippen LogP contribution in [0.4, 0.5) is 0 Å². The highest BCUT2D eigenvalue weighted by Crippen LogP contribution is 2.36. The zero-order valence-corrected chi connectivity index (χ0v) is 23.3. The highest BCUT2D eigenvalue weighted by Gasteiger charge is 2.49. The van der Waals surface area contributed by atoms with E-state index < -0.39 is 23.7 Å². The molecule has 9 heteroatoms. The second-order valence-electron chi connectivity index (χ2n) is 12.0. The van der Waals surface area contributed by atoms with Crippen molar-refractivity contribution in [3.63, 3.8) is 0 Å². The Labute approximate surface area is 227 Å². The van der Waals surface area contributed by atoms with Gasteiger partial charge in [0.1, 0.15) is 23.6 Å². The van der Waals surface area contributed by atoms with Crippen LogP contribution < -0.4 is 10.6 Å². The fourth-order valence-electron chi connectivity index (χ4n) is 5.72. The number of hydrogen-bond donors (Lipinski definition) is 2. The van der Waals surface area contributed by atoms with E-state index in [-0.39, 0.29) is 29.6 Å². The van der Waals surface area contributed by atoms with Gasteiger partial charge >= 0.3 is 0 Å². The number of piperazine rings is 1. The lowest BCUT2D eigenvalue weighted by Gasteiger charge is -2.45. The first-order chi connectivity index (χ1) is 18.0. The number of fused-ring (bicyclic) bond motifs is 2. The summed E-state index contributed by atoms with van der Waals surface area (Å²) in [4.78, 5) is 43.6. The van der Waals surface area contributed by atoms with Crippen LogP contribution in [0.2, 0.25) is 0 Å². The Morgan fingerprint density at radius 1 is 1.13 bits per heavy atom. The number of nitrogens with one attached hydrogen (secondary N) is 2. The van der Waals surface area contributed by atoms with Crippen molar-refractivity contribution in [1.29, 1.82) is 0 Å². The van der Waals surface area contributed by atoms with Gasteiger partial charge in [0.25, 0.3) is 0 Å². The standard InChI is InChI=1S/C29H35N5O3S/c1-16(2)12-22-26(35)30-24(20-13-17-8-6-7-9-18(17)14-20)28(37)34(22)25(27(36)31-29(3,4)5)19-10-11-21-23(15-19)38-33-32-21/h6-11,15-16,20,22,24-25H,12-14H2,1-5H3,(H,30,35)(H,31,36)/t22?,24?,25-/m1/s1. The van der Waals surface area contributed by atoms with Crippen LogP contribution in [0.15, 0.2) is 42.5 Å². The van der Waals surface area contributed by atoms with Gasteiger partial charge in [0.05, 0.1) is 4.70 Å². The van der Waals surface area contributed by atoms with Crippen LogP contribution in [0.3, 0.4) is 0 Å². The van der Waals surface area contributed by atoms with Gasteiger partial charge in [-0.2, -0.15) is 0 Å². The van der Waals surface area contributed by atoms with Crippen LogP contribution in [0, 0.1) is 11.8 Å². The number of carbonyl (C=O) groups is 3. The third-order valence-electron chi connectivity index (χ3n) is 7.32. The predicted molar refractivity (Wildman–Crippen MR) is 147 cm³/mol.